The molecule has 2 aromatic rings. The molecule has 108 valence electrons. The van der Waals surface area contributed by atoms with Crippen molar-refractivity contribution in [3.8, 4) is 0 Å². The van der Waals surface area contributed by atoms with Crippen molar-refractivity contribution in [1.29, 1.82) is 0 Å². The van der Waals surface area contributed by atoms with E-state index in [2.05, 4.69) is 35.6 Å². The number of nitrogens with two attached hydrogens (primary N) is 1. The second-order valence-corrected chi connectivity index (χ2v) is 7.37. The zero-order valence-electron chi connectivity index (χ0n) is 12.4. The maximum atomic E-state index is 5.90. The molecule has 4 nitrogen and oxygen atoms in total. The van der Waals surface area contributed by atoms with Crippen LogP contribution in [0.4, 0.5) is 5.82 Å². The first-order chi connectivity index (χ1) is 9.54. The Hall–Kier alpha value is -1.20. The van der Waals surface area contributed by atoms with Crippen LogP contribution in [0.25, 0.3) is 10.2 Å². The Morgan fingerprint density at radius 1 is 1.30 bits per heavy atom. The Bertz CT molecular complexity index is 626. The van der Waals surface area contributed by atoms with Gasteiger partial charge in [0.15, 0.2) is 0 Å². The maximum absolute atomic E-state index is 5.90. The van der Waals surface area contributed by atoms with Gasteiger partial charge in [0.05, 0.1) is 5.39 Å². The van der Waals surface area contributed by atoms with E-state index < -0.39 is 0 Å². The van der Waals surface area contributed by atoms with Crippen LogP contribution in [0.3, 0.4) is 0 Å². The summed E-state index contributed by atoms with van der Waals surface area (Å²) in [5.74, 6) is 1.11. The lowest BCUT2D eigenvalue weighted by atomic mass is 9.80. The number of fused-ring (bicyclic) bond motifs is 1. The average molecular weight is 290 g/mol. The van der Waals surface area contributed by atoms with Crippen molar-refractivity contribution in [2.75, 3.05) is 24.5 Å². The van der Waals surface area contributed by atoms with Gasteiger partial charge in [0.25, 0.3) is 0 Å². The summed E-state index contributed by atoms with van der Waals surface area (Å²) in [7, 11) is 0. The fourth-order valence-electron chi connectivity index (χ4n) is 2.87. The molecule has 2 aromatic heterocycles. The number of thiophene rings is 1. The van der Waals surface area contributed by atoms with E-state index in [-0.39, 0.29) is 0 Å². The number of aryl methyl sites for hydroxylation is 2. The Morgan fingerprint density at radius 2 is 2.00 bits per heavy atom. The van der Waals surface area contributed by atoms with Gasteiger partial charge in [-0.25, -0.2) is 9.97 Å². The molecule has 5 heteroatoms. The largest absolute Gasteiger partial charge is 0.356 e. The lowest BCUT2D eigenvalue weighted by Crippen LogP contribution is -2.42. The number of rotatable bonds is 2. The zero-order valence-corrected chi connectivity index (χ0v) is 13.3. The molecule has 1 aliphatic rings. The highest BCUT2D eigenvalue weighted by molar-refractivity contribution is 7.18. The van der Waals surface area contributed by atoms with Crippen LogP contribution in [-0.2, 0) is 0 Å². The van der Waals surface area contributed by atoms with E-state index in [1.165, 1.54) is 15.8 Å². The van der Waals surface area contributed by atoms with Gasteiger partial charge in [-0.3, -0.25) is 0 Å². The summed E-state index contributed by atoms with van der Waals surface area (Å²) in [4.78, 5) is 13.8. The highest BCUT2D eigenvalue weighted by Gasteiger charge is 2.30. The molecule has 2 N–H and O–H groups in total. The first-order valence-electron chi connectivity index (χ1n) is 7.20. The van der Waals surface area contributed by atoms with Gasteiger partial charge in [-0.2, -0.15) is 0 Å². The molecular weight excluding hydrogens is 268 g/mol. The lowest BCUT2D eigenvalue weighted by molar-refractivity contribution is 0.258. The summed E-state index contributed by atoms with van der Waals surface area (Å²) in [6.45, 7) is 9.47. The first kappa shape index (κ1) is 13.8. The molecule has 0 aromatic carbocycles. The van der Waals surface area contributed by atoms with Gasteiger partial charge in [0.1, 0.15) is 17.0 Å². The third kappa shape index (κ3) is 2.19. The number of hydrogen-bond acceptors (Lipinski definition) is 5. The number of nitrogens with zero attached hydrogens (tertiary/aromatic N) is 3. The Balaban J connectivity index is 1.96. The molecule has 20 heavy (non-hydrogen) atoms. The standard InChI is InChI=1S/C15H22N4S/c1-10-11(2)20-14-12(10)13(17-9-18-14)19-6-4-15(3,8-16)5-7-19/h9H,4-8,16H2,1-3H3. The van der Waals surface area contributed by atoms with Crippen LogP contribution in [0.1, 0.15) is 30.2 Å². The minimum Gasteiger partial charge on any atom is -0.356 e. The van der Waals surface area contributed by atoms with Crippen LogP contribution in [0.5, 0.6) is 0 Å². The number of hydrogen-bond donors (Lipinski definition) is 1. The summed E-state index contributed by atoms with van der Waals surface area (Å²) in [6, 6.07) is 0. The van der Waals surface area contributed by atoms with Crippen molar-refractivity contribution in [3.63, 3.8) is 0 Å². The molecule has 0 aliphatic carbocycles. The van der Waals surface area contributed by atoms with Gasteiger partial charge >= 0.3 is 0 Å². The molecule has 1 aliphatic heterocycles. The predicted molar refractivity (Wildman–Crippen MR) is 85.5 cm³/mol. The third-order valence-corrected chi connectivity index (χ3v) is 5.82. The van der Waals surface area contributed by atoms with Crippen molar-refractivity contribution in [2.24, 2.45) is 11.1 Å². The highest BCUT2D eigenvalue weighted by Crippen LogP contribution is 2.37. The molecular formula is C15H22N4S. The molecule has 0 atom stereocenters. The summed E-state index contributed by atoms with van der Waals surface area (Å²) < 4.78 is 0. The van der Waals surface area contributed by atoms with Gasteiger partial charge < -0.3 is 10.6 Å². The van der Waals surface area contributed by atoms with Gasteiger partial charge in [0, 0.05) is 18.0 Å². The molecule has 0 unspecified atom stereocenters. The predicted octanol–water partition coefficient (Wildman–Crippen LogP) is 2.87. The van der Waals surface area contributed by atoms with Gasteiger partial charge in [-0.05, 0) is 44.2 Å². The molecule has 3 rings (SSSR count). The van der Waals surface area contributed by atoms with Crippen molar-refractivity contribution in [3.05, 3.63) is 16.8 Å². The second kappa shape index (κ2) is 4.97. The maximum Gasteiger partial charge on any atom is 0.141 e. The minimum atomic E-state index is 0.294. The van der Waals surface area contributed by atoms with Crippen molar-refractivity contribution < 1.29 is 0 Å². The van der Waals surface area contributed by atoms with Crippen LogP contribution >= 0.6 is 11.3 Å². The zero-order chi connectivity index (χ0) is 14.3. The summed E-state index contributed by atoms with van der Waals surface area (Å²) in [5.41, 5.74) is 7.52. The average Bonchev–Trinajstić information content (AvgIpc) is 2.75. The summed E-state index contributed by atoms with van der Waals surface area (Å²) in [6.07, 6.45) is 3.97. The molecule has 3 heterocycles. The summed E-state index contributed by atoms with van der Waals surface area (Å²) >= 11 is 1.76. The highest BCUT2D eigenvalue weighted by atomic mass is 32.1. The first-order valence-corrected chi connectivity index (χ1v) is 8.01. The van der Waals surface area contributed by atoms with Crippen LogP contribution in [0, 0.1) is 19.3 Å². The quantitative estimate of drug-likeness (QED) is 0.924. The van der Waals surface area contributed by atoms with Gasteiger partial charge in [-0.1, -0.05) is 6.92 Å². The Labute approximate surface area is 124 Å². The molecule has 0 radical (unpaired) electrons. The van der Waals surface area contributed by atoms with Crippen LogP contribution in [-0.4, -0.2) is 29.6 Å². The number of aromatic nitrogens is 2. The van der Waals surface area contributed by atoms with Crippen LogP contribution in [0.2, 0.25) is 0 Å². The Morgan fingerprint density at radius 3 is 2.65 bits per heavy atom. The van der Waals surface area contributed by atoms with E-state index in [4.69, 9.17) is 5.73 Å². The van der Waals surface area contributed by atoms with Crippen LogP contribution in [0.15, 0.2) is 6.33 Å². The van der Waals surface area contributed by atoms with E-state index in [0.29, 0.717) is 5.41 Å². The summed E-state index contributed by atoms with van der Waals surface area (Å²) in [5, 5.41) is 1.24. The third-order valence-electron chi connectivity index (χ3n) is 4.71. The molecule has 1 saturated heterocycles. The second-order valence-electron chi connectivity index (χ2n) is 6.16. The molecule has 0 saturated carbocycles. The van der Waals surface area contributed by atoms with E-state index >= 15 is 0 Å². The normalized spacial score (nSPS) is 18.7. The fraction of sp³-hybridized carbons (Fsp3) is 0.600. The van der Waals surface area contributed by atoms with E-state index in [1.54, 1.807) is 17.7 Å². The van der Waals surface area contributed by atoms with Gasteiger partial charge in [-0.15, -0.1) is 11.3 Å². The minimum absolute atomic E-state index is 0.294. The van der Waals surface area contributed by atoms with E-state index in [9.17, 15) is 0 Å². The Kier molecular flexibility index (Phi) is 3.42. The monoisotopic (exact) mass is 290 g/mol. The molecule has 0 spiro atoms. The van der Waals surface area contributed by atoms with Gasteiger partial charge in [0.2, 0.25) is 0 Å². The van der Waals surface area contributed by atoms with E-state index in [0.717, 1.165) is 43.1 Å². The molecule has 0 bridgehead atoms. The van der Waals surface area contributed by atoms with E-state index in [1.807, 2.05) is 0 Å². The molecule has 1 fully saturated rings. The van der Waals surface area contributed by atoms with Crippen molar-refractivity contribution in [1.82, 2.24) is 9.97 Å². The fourth-order valence-corrected chi connectivity index (χ4v) is 3.86. The molecule has 0 amide bonds. The smallest absolute Gasteiger partial charge is 0.141 e. The van der Waals surface area contributed by atoms with Crippen LogP contribution < -0.4 is 10.6 Å². The SMILES string of the molecule is Cc1sc2ncnc(N3CCC(C)(CN)CC3)c2c1C. The number of anilines is 1. The lowest BCUT2D eigenvalue weighted by Gasteiger charge is -2.39. The van der Waals surface area contributed by atoms with Crippen molar-refractivity contribution >= 4 is 27.4 Å². The number of piperidine rings is 1. The topological polar surface area (TPSA) is 55.0 Å². The van der Waals surface area contributed by atoms with Crippen molar-refractivity contribution in [2.45, 2.75) is 33.6 Å².